The molecule has 4 atom stereocenters. The predicted octanol–water partition coefficient (Wildman–Crippen LogP) is 0.929. The summed E-state index contributed by atoms with van der Waals surface area (Å²) in [5, 5.41) is 20.7. The Hall–Kier alpha value is -2.59. The van der Waals surface area contributed by atoms with Crippen molar-refractivity contribution in [3.63, 3.8) is 0 Å². The number of amides is 3. The van der Waals surface area contributed by atoms with E-state index in [1.54, 1.807) is 13.8 Å². The average molecular weight is 493 g/mol. The van der Waals surface area contributed by atoms with Crippen molar-refractivity contribution in [2.24, 2.45) is 5.92 Å². The van der Waals surface area contributed by atoms with Crippen LogP contribution in [0, 0.1) is 5.92 Å². The molecule has 0 aromatic heterocycles. The van der Waals surface area contributed by atoms with Crippen molar-refractivity contribution in [3.05, 3.63) is 35.9 Å². The highest BCUT2D eigenvalue weighted by molar-refractivity contribution is 7.98. The molecule has 1 saturated heterocycles. The quantitative estimate of drug-likeness (QED) is 0.276. The lowest BCUT2D eigenvalue weighted by molar-refractivity contribution is -0.142. The molecule has 10 heteroatoms. The van der Waals surface area contributed by atoms with E-state index in [0.717, 1.165) is 18.5 Å². The van der Waals surface area contributed by atoms with Gasteiger partial charge in [0.2, 0.25) is 17.7 Å². The van der Waals surface area contributed by atoms with Crippen LogP contribution in [0.4, 0.5) is 0 Å². The molecule has 9 nitrogen and oxygen atoms in total. The molecule has 188 valence electrons. The summed E-state index contributed by atoms with van der Waals surface area (Å²) in [7, 11) is 0. The van der Waals surface area contributed by atoms with Gasteiger partial charge in [0.25, 0.3) is 0 Å². The van der Waals surface area contributed by atoms with E-state index in [9.17, 15) is 24.3 Å². The third-order valence-corrected chi connectivity index (χ3v) is 6.41. The summed E-state index contributed by atoms with van der Waals surface area (Å²) in [4.78, 5) is 50.5. The van der Waals surface area contributed by atoms with Gasteiger partial charge in [-0.2, -0.15) is 11.8 Å². The summed E-state index contributed by atoms with van der Waals surface area (Å²) >= 11 is 1.49. The number of thioether (sulfide) groups is 1. The third-order valence-electron chi connectivity index (χ3n) is 5.76. The first-order chi connectivity index (χ1) is 16.2. The second kappa shape index (κ2) is 14.0. The van der Waals surface area contributed by atoms with E-state index in [4.69, 9.17) is 0 Å². The average Bonchev–Trinajstić information content (AvgIpc) is 3.35. The highest BCUT2D eigenvalue weighted by atomic mass is 32.2. The number of carboxylic acid groups (broad SMARTS) is 1. The molecule has 0 radical (unpaired) electrons. The molecule has 34 heavy (non-hydrogen) atoms. The molecule has 0 bridgehead atoms. The van der Waals surface area contributed by atoms with E-state index < -0.39 is 35.9 Å². The Kier molecular flexibility index (Phi) is 11.4. The van der Waals surface area contributed by atoms with Crippen LogP contribution in [0.2, 0.25) is 0 Å². The van der Waals surface area contributed by atoms with E-state index in [1.165, 1.54) is 11.8 Å². The molecule has 2 rings (SSSR count). The van der Waals surface area contributed by atoms with Crippen molar-refractivity contribution in [1.29, 1.82) is 0 Å². The van der Waals surface area contributed by atoms with E-state index in [-0.39, 0.29) is 30.7 Å². The van der Waals surface area contributed by atoms with Gasteiger partial charge in [-0.3, -0.25) is 14.4 Å². The van der Waals surface area contributed by atoms with Crippen LogP contribution in [-0.4, -0.2) is 71.5 Å². The maximum Gasteiger partial charge on any atom is 0.326 e. The Bertz CT molecular complexity index is 830. The van der Waals surface area contributed by atoms with Crippen LogP contribution in [-0.2, 0) is 25.6 Å². The van der Waals surface area contributed by atoms with Crippen LogP contribution in [0.1, 0.15) is 38.7 Å². The Morgan fingerprint density at radius 2 is 1.76 bits per heavy atom. The number of benzene rings is 1. The fraction of sp³-hybridized carbons (Fsp3) is 0.583. The largest absolute Gasteiger partial charge is 0.480 e. The Labute approximate surface area is 205 Å². The highest BCUT2D eigenvalue weighted by Gasteiger charge is 2.32. The second-order valence-corrected chi connectivity index (χ2v) is 9.80. The highest BCUT2D eigenvalue weighted by Crippen LogP contribution is 2.10. The van der Waals surface area contributed by atoms with Crippen molar-refractivity contribution in [2.45, 2.75) is 63.7 Å². The zero-order chi connectivity index (χ0) is 25.1. The number of rotatable bonds is 13. The van der Waals surface area contributed by atoms with Gasteiger partial charge in [-0.25, -0.2) is 4.79 Å². The lowest BCUT2D eigenvalue weighted by Gasteiger charge is -2.27. The normalized spacial score (nSPS) is 18.1. The molecule has 0 aliphatic carbocycles. The molecule has 5 N–H and O–H groups in total. The molecule has 1 aromatic carbocycles. The standard InChI is InChI=1S/C24H36N4O5S/c1-15(2)20(23(31)26-18(24(32)33)11-13-34-3)28-22(30)19(14-16-8-5-4-6-9-16)27-21(29)17-10-7-12-25-17/h4-6,8-9,15,17-20,25H,7,10-14H2,1-3H3,(H,26,31)(H,27,29)(H,28,30)(H,32,33). The van der Waals surface area contributed by atoms with Gasteiger partial charge in [0.05, 0.1) is 6.04 Å². The van der Waals surface area contributed by atoms with Gasteiger partial charge in [0.15, 0.2) is 0 Å². The van der Waals surface area contributed by atoms with Crippen LogP contribution in [0.15, 0.2) is 30.3 Å². The zero-order valence-electron chi connectivity index (χ0n) is 20.0. The summed E-state index contributed by atoms with van der Waals surface area (Å²) in [5.74, 6) is -2.12. The number of carboxylic acids is 1. The fourth-order valence-corrected chi connectivity index (χ4v) is 4.25. The molecule has 0 saturated carbocycles. The molecule has 1 aliphatic heterocycles. The summed E-state index contributed by atoms with van der Waals surface area (Å²) in [5.41, 5.74) is 0.871. The molecule has 3 amide bonds. The van der Waals surface area contributed by atoms with E-state index in [2.05, 4.69) is 21.3 Å². The van der Waals surface area contributed by atoms with Crippen molar-refractivity contribution < 1.29 is 24.3 Å². The lowest BCUT2D eigenvalue weighted by atomic mass is 10.00. The molecule has 0 spiro atoms. The minimum Gasteiger partial charge on any atom is -0.480 e. The monoisotopic (exact) mass is 492 g/mol. The molecule has 4 unspecified atom stereocenters. The number of nitrogens with one attached hydrogen (secondary N) is 4. The van der Waals surface area contributed by atoms with E-state index >= 15 is 0 Å². The smallest absolute Gasteiger partial charge is 0.326 e. The Balaban J connectivity index is 2.13. The van der Waals surface area contributed by atoms with Gasteiger partial charge in [-0.15, -0.1) is 0 Å². The minimum atomic E-state index is -1.12. The first-order valence-corrected chi connectivity index (χ1v) is 13.0. The van der Waals surface area contributed by atoms with E-state index in [0.29, 0.717) is 12.2 Å². The molecular formula is C24H36N4O5S. The number of aliphatic carboxylic acids is 1. The molecule has 1 aliphatic rings. The van der Waals surface area contributed by atoms with Crippen LogP contribution in [0.3, 0.4) is 0 Å². The maximum atomic E-state index is 13.3. The van der Waals surface area contributed by atoms with Gasteiger partial charge >= 0.3 is 5.97 Å². The minimum absolute atomic E-state index is 0.248. The Morgan fingerprint density at radius 3 is 2.32 bits per heavy atom. The number of hydrogen-bond acceptors (Lipinski definition) is 6. The van der Waals surface area contributed by atoms with Crippen molar-refractivity contribution in [1.82, 2.24) is 21.3 Å². The van der Waals surface area contributed by atoms with Crippen molar-refractivity contribution in [3.8, 4) is 0 Å². The molecule has 1 heterocycles. The SMILES string of the molecule is CSCCC(NC(=O)C(NC(=O)C(Cc1ccccc1)NC(=O)C1CCCN1)C(C)C)C(=O)O. The first-order valence-electron chi connectivity index (χ1n) is 11.6. The van der Waals surface area contributed by atoms with Gasteiger partial charge in [-0.1, -0.05) is 44.2 Å². The first kappa shape index (κ1) is 27.7. The Morgan fingerprint density at radius 1 is 1.06 bits per heavy atom. The lowest BCUT2D eigenvalue weighted by Crippen LogP contribution is -2.58. The summed E-state index contributed by atoms with van der Waals surface area (Å²) in [6.45, 7) is 4.30. The predicted molar refractivity (Wildman–Crippen MR) is 132 cm³/mol. The van der Waals surface area contributed by atoms with Crippen molar-refractivity contribution in [2.75, 3.05) is 18.6 Å². The molecule has 1 fully saturated rings. The van der Waals surface area contributed by atoms with Gasteiger partial charge in [-0.05, 0) is 49.3 Å². The van der Waals surface area contributed by atoms with Gasteiger partial charge in [0, 0.05) is 6.42 Å². The summed E-state index contributed by atoms with van der Waals surface area (Å²) in [6, 6.07) is 6.13. The zero-order valence-corrected chi connectivity index (χ0v) is 20.8. The van der Waals surface area contributed by atoms with Crippen LogP contribution in [0.5, 0.6) is 0 Å². The van der Waals surface area contributed by atoms with Crippen LogP contribution in [0.25, 0.3) is 0 Å². The molecular weight excluding hydrogens is 456 g/mol. The number of hydrogen-bond donors (Lipinski definition) is 5. The number of carbonyl (C=O) groups excluding carboxylic acids is 3. The van der Waals surface area contributed by atoms with Gasteiger partial charge in [0.1, 0.15) is 18.1 Å². The topological polar surface area (TPSA) is 137 Å². The maximum absolute atomic E-state index is 13.3. The fourth-order valence-electron chi connectivity index (χ4n) is 3.78. The second-order valence-electron chi connectivity index (χ2n) is 8.81. The van der Waals surface area contributed by atoms with E-state index in [1.807, 2.05) is 36.6 Å². The number of carbonyl (C=O) groups is 4. The summed E-state index contributed by atoms with van der Waals surface area (Å²) in [6.07, 6.45) is 4.00. The molecule has 1 aromatic rings. The van der Waals surface area contributed by atoms with Crippen LogP contribution < -0.4 is 21.3 Å². The third kappa shape index (κ3) is 8.64. The van der Waals surface area contributed by atoms with Gasteiger partial charge < -0.3 is 26.4 Å². The summed E-state index contributed by atoms with van der Waals surface area (Å²) < 4.78 is 0. The van der Waals surface area contributed by atoms with Crippen molar-refractivity contribution >= 4 is 35.5 Å². The van der Waals surface area contributed by atoms with Crippen LogP contribution >= 0.6 is 11.8 Å².